The van der Waals surface area contributed by atoms with Crippen molar-refractivity contribution in [2.45, 2.75) is 42.7 Å². The Morgan fingerprint density at radius 1 is 0.895 bits per heavy atom. The van der Waals surface area contributed by atoms with E-state index in [1.54, 1.807) is 42.9 Å². The lowest BCUT2D eigenvalue weighted by molar-refractivity contribution is 0.00790. The summed E-state index contributed by atoms with van der Waals surface area (Å²) in [6.07, 6.45) is 13.5. The van der Waals surface area contributed by atoms with Gasteiger partial charge in [-0.2, -0.15) is 0 Å². The number of ether oxygens (including phenoxy) is 1. The molecule has 0 atom stereocenters. The van der Waals surface area contributed by atoms with Crippen molar-refractivity contribution in [3.05, 3.63) is 71.1 Å². The van der Waals surface area contributed by atoms with Gasteiger partial charge in [0, 0.05) is 49.3 Å². The second kappa shape index (κ2) is 12.2. The number of aromatic nitrogens is 3. The molecular weight excluding hydrogens is 524 g/mol. The maximum Gasteiger partial charge on any atom is 0.264 e. The fourth-order valence-corrected chi connectivity index (χ4v) is 6.35. The highest BCUT2D eigenvalue weighted by Crippen LogP contribution is 2.26. The van der Waals surface area contributed by atoms with Crippen LogP contribution < -0.4 is 10.0 Å². The number of hydrogen-bond donors (Lipinski definition) is 2. The van der Waals surface area contributed by atoms with E-state index in [1.807, 2.05) is 12.2 Å². The quantitative estimate of drug-likeness (QED) is 0.417. The predicted octanol–water partition coefficient (Wildman–Crippen LogP) is 4.55. The maximum atomic E-state index is 12.6. The second-order valence-electron chi connectivity index (χ2n) is 9.48. The Labute approximate surface area is 228 Å². The molecule has 1 saturated heterocycles. The first-order valence-electron chi connectivity index (χ1n) is 12.8. The average Bonchev–Trinajstić information content (AvgIpc) is 2.94. The first-order valence-corrected chi connectivity index (χ1v) is 14.6. The predicted molar refractivity (Wildman–Crippen MR) is 150 cm³/mol. The van der Waals surface area contributed by atoms with Crippen LogP contribution in [0.1, 0.15) is 36.8 Å². The van der Waals surface area contributed by atoms with Gasteiger partial charge in [0.05, 0.1) is 18.2 Å². The van der Waals surface area contributed by atoms with Crippen LogP contribution in [0.15, 0.2) is 59.9 Å². The number of benzene rings is 1. The molecule has 1 saturated carbocycles. The fraction of sp³-hybridized carbons (Fsp3) is 0.370. The summed E-state index contributed by atoms with van der Waals surface area (Å²) in [4.78, 5) is 15.7. The van der Waals surface area contributed by atoms with Crippen LogP contribution in [0, 0.1) is 0 Å². The lowest BCUT2D eigenvalue weighted by Crippen LogP contribution is -2.46. The van der Waals surface area contributed by atoms with E-state index in [-0.39, 0.29) is 15.7 Å². The maximum absolute atomic E-state index is 12.6. The smallest absolute Gasteiger partial charge is 0.264 e. The number of morpholine rings is 1. The minimum absolute atomic E-state index is 0.00560. The van der Waals surface area contributed by atoms with Crippen molar-refractivity contribution in [2.75, 3.05) is 36.3 Å². The SMILES string of the molecule is O=S(=O)(Nc1ccc(/C=C/c2cnc(NC3CCC(N4CCOCC4)CC3)nc2)cn1)c1ccccc1Cl. The van der Waals surface area contributed by atoms with Crippen LogP contribution in [-0.4, -0.2) is 66.7 Å². The van der Waals surface area contributed by atoms with Gasteiger partial charge in [-0.1, -0.05) is 35.9 Å². The van der Waals surface area contributed by atoms with Gasteiger partial charge < -0.3 is 10.1 Å². The summed E-state index contributed by atoms with van der Waals surface area (Å²) in [5, 5.41) is 3.63. The highest BCUT2D eigenvalue weighted by molar-refractivity contribution is 7.92. The van der Waals surface area contributed by atoms with E-state index >= 15 is 0 Å². The third-order valence-electron chi connectivity index (χ3n) is 6.88. The molecular formula is C27H31ClN6O3S. The van der Waals surface area contributed by atoms with Gasteiger partial charge in [0.25, 0.3) is 10.0 Å². The van der Waals surface area contributed by atoms with Crippen molar-refractivity contribution >= 4 is 45.5 Å². The van der Waals surface area contributed by atoms with Crippen LogP contribution in [0.3, 0.4) is 0 Å². The summed E-state index contributed by atoms with van der Waals surface area (Å²) in [6.45, 7) is 3.79. The zero-order valence-electron chi connectivity index (χ0n) is 21.0. The van der Waals surface area contributed by atoms with Gasteiger partial charge in [-0.15, -0.1) is 0 Å². The number of halogens is 1. The molecule has 0 radical (unpaired) electrons. The van der Waals surface area contributed by atoms with E-state index < -0.39 is 10.0 Å². The molecule has 1 aliphatic heterocycles. The average molecular weight is 555 g/mol. The van der Waals surface area contributed by atoms with Gasteiger partial charge >= 0.3 is 0 Å². The van der Waals surface area contributed by atoms with Crippen molar-refractivity contribution in [3.63, 3.8) is 0 Å². The van der Waals surface area contributed by atoms with Crippen LogP contribution in [0.25, 0.3) is 12.2 Å². The Balaban J connectivity index is 1.11. The Bertz CT molecular complexity index is 1340. The molecule has 0 bridgehead atoms. The molecule has 11 heteroatoms. The van der Waals surface area contributed by atoms with E-state index in [2.05, 4.69) is 29.9 Å². The third-order valence-corrected chi connectivity index (χ3v) is 8.74. The molecule has 1 aliphatic carbocycles. The van der Waals surface area contributed by atoms with Gasteiger partial charge in [-0.05, 0) is 55.5 Å². The lowest BCUT2D eigenvalue weighted by atomic mass is 9.90. The first kappa shape index (κ1) is 26.6. The van der Waals surface area contributed by atoms with E-state index in [0.717, 1.165) is 50.3 Å². The Morgan fingerprint density at radius 3 is 2.26 bits per heavy atom. The normalized spacial score (nSPS) is 20.9. The van der Waals surface area contributed by atoms with Crippen LogP contribution in [0.5, 0.6) is 0 Å². The molecule has 2 N–H and O–H groups in total. The third kappa shape index (κ3) is 6.87. The van der Waals surface area contributed by atoms with Crippen LogP contribution in [0.2, 0.25) is 5.02 Å². The van der Waals surface area contributed by atoms with Crippen molar-refractivity contribution in [1.82, 2.24) is 19.9 Å². The fourth-order valence-electron chi connectivity index (χ4n) is 4.82. The molecule has 2 aromatic heterocycles. The number of pyridine rings is 1. The largest absolute Gasteiger partial charge is 0.379 e. The van der Waals surface area contributed by atoms with E-state index in [9.17, 15) is 8.42 Å². The van der Waals surface area contributed by atoms with E-state index in [1.165, 1.54) is 25.0 Å². The molecule has 0 unspecified atom stereocenters. The molecule has 38 heavy (non-hydrogen) atoms. The minimum Gasteiger partial charge on any atom is -0.379 e. The number of rotatable bonds is 8. The second-order valence-corrected chi connectivity index (χ2v) is 11.5. The molecule has 2 aliphatic rings. The van der Waals surface area contributed by atoms with Gasteiger partial charge in [0.2, 0.25) is 5.95 Å². The van der Waals surface area contributed by atoms with E-state index in [0.29, 0.717) is 18.0 Å². The minimum atomic E-state index is -3.83. The van der Waals surface area contributed by atoms with E-state index in [4.69, 9.17) is 16.3 Å². The number of nitrogens with zero attached hydrogens (tertiary/aromatic N) is 4. The molecule has 2 fully saturated rings. The highest BCUT2D eigenvalue weighted by Gasteiger charge is 2.27. The highest BCUT2D eigenvalue weighted by atomic mass is 35.5. The topological polar surface area (TPSA) is 109 Å². The van der Waals surface area contributed by atoms with Gasteiger partial charge in [0.15, 0.2) is 0 Å². The van der Waals surface area contributed by atoms with Crippen molar-refractivity contribution in [1.29, 1.82) is 0 Å². The molecule has 9 nitrogen and oxygen atoms in total. The van der Waals surface area contributed by atoms with Crippen LogP contribution >= 0.6 is 11.6 Å². The van der Waals surface area contributed by atoms with Crippen LogP contribution in [-0.2, 0) is 14.8 Å². The summed E-state index contributed by atoms with van der Waals surface area (Å²) in [7, 11) is -3.83. The number of hydrogen-bond acceptors (Lipinski definition) is 8. The molecule has 1 aromatic carbocycles. The lowest BCUT2D eigenvalue weighted by Gasteiger charge is -2.38. The van der Waals surface area contributed by atoms with Crippen molar-refractivity contribution in [2.24, 2.45) is 0 Å². The zero-order valence-corrected chi connectivity index (χ0v) is 22.5. The Morgan fingerprint density at radius 2 is 1.58 bits per heavy atom. The van der Waals surface area contributed by atoms with Crippen LogP contribution in [0.4, 0.5) is 11.8 Å². The van der Waals surface area contributed by atoms with Crippen molar-refractivity contribution in [3.8, 4) is 0 Å². The standard InChI is InChI=1S/C27H31ClN6O3S/c28-24-3-1-2-4-25(24)38(35,36)33-26-12-7-20(17-29-26)5-6-21-18-30-27(31-19-21)32-22-8-10-23(11-9-22)34-13-15-37-16-14-34/h1-7,12,17-19,22-23H,8-11,13-16H2,(H,29,33)(H,30,31,32)/b6-5+. The summed E-state index contributed by atoms with van der Waals surface area (Å²) >= 11 is 6.02. The summed E-state index contributed by atoms with van der Waals surface area (Å²) in [6, 6.07) is 10.7. The Kier molecular flexibility index (Phi) is 8.53. The van der Waals surface area contributed by atoms with Gasteiger partial charge in [0.1, 0.15) is 10.7 Å². The Hall–Kier alpha value is -3.05. The van der Waals surface area contributed by atoms with Gasteiger partial charge in [-0.3, -0.25) is 9.62 Å². The first-order chi connectivity index (χ1) is 18.5. The van der Waals surface area contributed by atoms with Crippen molar-refractivity contribution < 1.29 is 13.2 Å². The number of nitrogens with one attached hydrogen (secondary N) is 2. The zero-order chi connectivity index (χ0) is 26.4. The van der Waals surface area contributed by atoms with Gasteiger partial charge in [-0.25, -0.2) is 23.4 Å². The summed E-state index contributed by atoms with van der Waals surface area (Å²) < 4.78 is 33.1. The molecule has 3 heterocycles. The summed E-state index contributed by atoms with van der Waals surface area (Å²) in [5.74, 6) is 0.855. The number of sulfonamides is 1. The molecule has 5 rings (SSSR count). The number of anilines is 2. The molecule has 0 spiro atoms. The molecule has 3 aromatic rings. The molecule has 0 amide bonds. The summed E-state index contributed by atoms with van der Waals surface area (Å²) in [5.41, 5.74) is 1.67. The molecule has 200 valence electrons. The monoisotopic (exact) mass is 554 g/mol.